The second-order valence-electron chi connectivity index (χ2n) is 5.11. The van der Waals surface area contributed by atoms with Gasteiger partial charge in [-0.2, -0.15) is 0 Å². The van der Waals surface area contributed by atoms with Crippen LogP contribution in [0.4, 0.5) is 5.82 Å². The first-order chi connectivity index (χ1) is 8.65. The van der Waals surface area contributed by atoms with Gasteiger partial charge in [-0.3, -0.25) is 4.79 Å². The molecular weight excluding hydrogens is 254 g/mol. The Morgan fingerprint density at radius 3 is 2.78 bits per heavy atom. The summed E-state index contributed by atoms with van der Waals surface area (Å²) in [5.41, 5.74) is 0. The molecule has 96 valence electrons. The molecule has 4 atom stereocenters. The molecule has 2 bridgehead atoms. The van der Waals surface area contributed by atoms with Crippen molar-refractivity contribution in [3.05, 3.63) is 17.3 Å². The molecule has 1 aromatic heterocycles. The Labute approximate surface area is 110 Å². The number of fused-ring (bicyclic) bond motifs is 2. The zero-order valence-corrected chi connectivity index (χ0v) is 10.5. The van der Waals surface area contributed by atoms with Gasteiger partial charge < -0.3 is 10.4 Å². The van der Waals surface area contributed by atoms with Crippen molar-refractivity contribution in [3.63, 3.8) is 0 Å². The smallest absolute Gasteiger partial charge is 0.308 e. The van der Waals surface area contributed by atoms with Gasteiger partial charge in [0.25, 0.3) is 0 Å². The van der Waals surface area contributed by atoms with Crippen LogP contribution in [0.15, 0.2) is 12.1 Å². The molecule has 3 rings (SSSR count). The van der Waals surface area contributed by atoms with E-state index < -0.39 is 5.97 Å². The number of anilines is 1. The highest BCUT2D eigenvalue weighted by molar-refractivity contribution is 6.29. The first-order valence-electron chi connectivity index (χ1n) is 6.13. The summed E-state index contributed by atoms with van der Waals surface area (Å²) < 4.78 is 0. The fourth-order valence-corrected chi connectivity index (χ4v) is 3.52. The van der Waals surface area contributed by atoms with Gasteiger partial charge in [0.1, 0.15) is 5.82 Å². The standard InChI is InChI=1S/C12H14ClN3O2/c13-8-3-4-9(16-15-8)14-11-7-2-1-6(5-7)10(11)12(17)18/h3-4,6-7,10-11H,1-2,5H2,(H,14,16)(H,17,18). The lowest BCUT2D eigenvalue weighted by Crippen LogP contribution is -2.39. The molecule has 0 spiro atoms. The van der Waals surface area contributed by atoms with E-state index in [-0.39, 0.29) is 12.0 Å². The molecule has 2 aliphatic carbocycles. The first kappa shape index (κ1) is 11.7. The third-order valence-electron chi connectivity index (χ3n) is 4.15. The summed E-state index contributed by atoms with van der Waals surface area (Å²) in [6, 6.07) is 3.36. The monoisotopic (exact) mass is 267 g/mol. The number of rotatable bonds is 3. The fraction of sp³-hybridized carbons (Fsp3) is 0.583. The zero-order chi connectivity index (χ0) is 12.7. The van der Waals surface area contributed by atoms with E-state index in [2.05, 4.69) is 15.5 Å². The highest BCUT2D eigenvalue weighted by Gasteiger charge is 2.51. The van der Waals surface area contributed by atoms with Crippen LogP contribution in [0.2, 0.25) is 5.15 Å². The van der Waals surface area contributed by atoms with Crippen molar-refractivity contribution in [1.82, 2.24) is 10.2 Å². The summed E-state index contributed by atoms with van der Waals surface area (Å²) in [6.45, 7) is 0. The minimum Gasteiger partial charge on any atom is -0.481 e. The average Bonchev–Trinajstić information content (AvgIpc) is 2.92. The number of carboxylic acid groups (broad SMARTS) is 1. The third kappa shape index (κ3) is 1.92. The second-order valence-corrected chi connectivity index (χ2v) is 5.50. The van der Waals surface area contributed by atoms with Crippen LogP contribution in [-0.2, 0) is 4.79 Å². The van der Waals surface area contributed by atoms with Crippen molar-refractivity contribution in [2.75, 3.05) is 5.32 Å². The molecule has 0 radical (unpaired) electrons. The minimum absolute atomic E-state index is 0.0308. The van der Waals surface area contributed by atoms with Crippen LogP contribution in [0.5, 0.6) is 0 Å². The van der Waals surface area contributed by atoms with Crippen LogP contribution in [0.25, 0.3) is 0 Å². The highest BCUT2D eigenvalue weighted by Crippen LogP contribution is 2.49. The number of hydrogen-bond acceptors (Lipinski definition) is 4. The summed E-state index contributed by atoms with van der Waals surface area (Å²) >= 11 is 5.67. The SMILES string of the molecule is O=C(O)C1C2CCC(C2)C1Nc1ccc(Cl)nn1. The Hall–Kier alpha value is -1.36. The number of aromatic nitrogens is 2. The third-order valence-corrected chi connectivity index (χ3v) is 4.35. The first-order valence-corrected chi connectivity index (χ1v) is 6.51. The molecule has 0 aliphatic heterocycles. The molecule has 4 unspecified atom stereocenters. The lowest BCUT2D eigenvalue weighted by molar-refractivity contribution is -0.143. The molecule has 2 fully saturated rings. The van der Waals surface area contributed by atoms with Gasteiger partial charge in [0, 0.05) is 6.04 Å². The van der Waals surface area contributed by atoms with Crippen molar-refractivity contribution < 1.29 is 9.90 Å². The normalized spacial score (nSPS) is 33.6. The van der Waals surface area contributed by atoms with Crippen molar-refractivity contribution in [2.45, 2.75) is 25.3 Å². The van der Waals surface area contributed by atoms with Gasteiger partial charge in [0.2, 0.25) is 0 Å². The van der Waals surface area contributed by atoms with Gasteiger partial charge in [-0.05, 0) is 43.2 Å². The summed E-state index contributed by atoms with van der Waals surface area (Å²) in [4.78, 5) is 11.3. The summed E-state index contributed by atoms with van der Waals surface area (Å²) in [5.74, 6) is 0.338. The Morgan fingerprint density at radius 1 is 1.33 bits per heavy atom. The second kappa shape index (κ2) is 4.39. The van der Waals surface area contributed by atoms with Gasteiger partial charge in [0.15, 0.2) is 5.15 Å². The number of carboxylic acids is 1. The maximum Gasteiger partial charge on any atom is 0.308 e. The number of nitrogens with zero attached hydrogens (tertiary/aromatic N) is 2. The molecule has 18 heavy (non-hydrogen) atoms. The Bertz CT molecular complexity index is 465. The molecule has 1 heterocycles. The number of halogens is 1. The van der Waals surface area contributed by atoms with Crippen LogP contribution < -0.4 is 5.32 Å². The molecule has 0 saturated heterocycles. The van der Waals surface area contributed by atoms with Crippen LogP contribution in [0.1, 0.15) is 19.3 Å². The molecule has 0 amide bonds. The van der Waals surface area contributed by atoms with Crippen LogP contribution >= 0.6 is 11.6 Å². The number of carbonyl (C=O) groups is 1. The van der Waals surface area contributed by atoms with E-state index in [1.54, 1.807) is 12.1 Å². The molecule has 2 saturated carbocycles. The van der Waals surface area contributed by atoms with E-state index in [1.165, 1.54) is 0 Å². The molecule has 5 nitrogen and oxygen atoms in total. The van der Waals surface area contributed by atoms with Crippen molar-refractivity contribution >= 4 is 23.4 Å². The van der Waals surface area contributed by atoms with Crippen molar-refractivity contribution in [1.29, 1.82) is 0 Å². The fourth-order valence-electron chi connectivity index (χ4n) is 3.42. The number of aliphatic carboxylic acids is 1. The van der Waals surface area contributed by atoms with E-state index in [4.69, 9.17) is 11.6 Å². The molecular formula is C12H14ClN3O2. The van der Waals surface area contributed by atoms with Gasteiger partial charge in [-0.15, -0.1) is 10.2 Å². The number of nitrogens with one attached hydrogen (secondary N) is 1. The molecule has 6 heteroatoms. The Balaban J connectivity index is 1.79. The lowest BCUT2D eigenvalue weighted by atomic mass is 9.84. The van der Waals surface area contributed by atoms with Gasteiger partial charge in [-0.1, -0.05) is 11.6 Å². The Kier molecular flexibility index (Phi) is 2.86. The van der Waals surface area contributed by atoms with Gasteiger partial charge in [-0.25, -0.2) is 0 Å². The highest BCUT2D eigenvalue weighted by atomic mass is 35.5. The predicted molar refractivity (Wildman–Crippen MR) is 66.4 cm³/mol. The molecule has 2 aliphatic rings. The summed E-state index contributed by atoms with van der Waals surface area (Å²) in [6.07, 6.45) is 3.15. The largest absolute Gasteiger partial charge is 0.481 e. The van der Waals surface area contributed by atoms with Crippen LogP contribution in [0.3, 0.4) is 0 Å². The molecule has 0 aromatic carbocycles. The van der Waals surface area contributed by atoms with E-state index in [9.17, 15) is 9.90 Å². The number of hydrogen-bond donors (Lipinski definition) is 2. The van der Waals surface area contributed by atoms with Crippen LogP contribution in [0, 0.1) is 17.8 Å². The topological polar surface area (TPSA) is 75.1 Å². The molecule has 2 N–H and O–H groups in total. The van der Waals surface area contributed by atoms with Crippen molar-refractivity contribution in [3.8, 4) is 0 Å². The minimum atomic E-state index is -0.707. The van der Waals surface area contributed by atoms with Gasteiger partial charge >= 0.3 is 5.97 Å². The lowest BCUT2D eigenvalue weighted by Gasteiger charge is -2.29. The summed E-state index contributed by atoms with van der Waals surface area (Å²) in [5, 5.41) is 20.6. The van der Waals surface area contributed by atoms with Gasteiger partial charge in [0.05, 0.1) is 5.92 Å². The Morgan fingerprint density at radius 2 is 2.11 bits per heavy atom. The van der Waals surface area contributed by atoms with E-state index in [0.717, 1.165) is 19.3 Å². The average molecular weight is 268 g/mol. The van der Waals surface area contributed by atoms with Crippen molar-refractivity contribution in [2.24, 2.45) is 17.8 Å². The van der Waals surface area contributed by atoms with Crippen LogP contribution in [-0.4, -0.2) is 27.3 Å². The maximum absolute atomic E-state index is 11.3. The molecule has 1 aromatic rings. The predicted octanol–water partition coefficient (Wildman–Crippen LogP) is 2.04. The van der Waals surface area contributed by atoms with E-state index in [0.29, 0.717) is 22.8 Å². The maximum atomic E-state index is 11.3. The zero-order valence-electron chi connectivity index (χ0n) is 9.71. The van der Waals surface area contributed by atoms with E-state index in [1.807, 2.05) is 0 Å². The van der Waals surface area contributed by atoms with E-state index >= 15 is 0 Å². The quantitative estimate of drug-likeness (QED) is 0.877. The summed E-state index contributed by atoms with van der Waals surface area (Å²) in [7, 11) is 0.